The average molecular weight is 298 g/mol. The zero-order valence-electron chi connectivity index (χ0n) is 12.4. The third-order valence-corrected chi connectivity index (χ3v) is 2.81. The summed E-state index contributed by atoms with van der Waals surface area (Å²) in [5.41, 5.74) is -0.691. The lowest BCUT2D eigenvalue weighted by atomic mass is 10.1. The molecule has 7 nitrogen and oxygen atoms in total. The summed E-state index contributed by atoms with van der Waals surface area (Å²) in [5, 5.41) is 16.2. The molecule has 2 N–H and O–H groups in total. The number of anilines is 1. The van der Waals surface area contributed by atoms with Gasteiger partial charge in [-0.25, -0.2) is 4.39 Å². The Hall–Kier alpha value is -2.22. The predicted molar refractivity (Wildman–Crippen MR) is 78.1 cm³/mol. The van der Waals surface area contributed by atoms with E-state index in [4.69, 9.17) is 0 Å². The second-order valence-electron chi connectivity index (χ2n) is 4.99. The Morgan fingerprint density at radius 3 is 2.57 bits per heavy atom. The number of carbonyl (C=O) groups is 1. The number of benzene rings is 1. The number of carbonyl (C=O) groups excluding carboxylic acids is 1. The minimum absolute atomic E-state index is 0.0333. The van der Waals surface area contributed by atoms with Crippen molar-refractivity contribution in [3.63, 3.8) is 0 Å². The van der Waals surface area contributed by atoms with Crippen LogP contribution in [0.4, 0.5) is 15.8 Å². The molecule has 1 aromatic rings. The maximum atomic E-state index is 13.6. The topological polar surface area (TPSA) is 87.5 Å². The molecule has 1 unspecified atom stereocenters. The normalized spacial score (nSPS) is 12.1. The van der Waals surface area contributed by atoms with Crippen LogP contribution in [0, 0.1) is 15.9 Å². The van der Waals surface area contributed by atoms with Gasteiger partial charge < -0.3 is 15.5 Å². The molecule has 0 radical (unpaired) electrons. The van der Waals surface area contributed by atoms with Gasteiger partial charge in [-0.05, 0) is 27.1 Å². The van der Waals surface area contributed by atoms with E-state index in [0.29, 0.717) is 6.54 Å². The van der Waals surface area contributed by atoms with E-state index < -0.39 is 22.3 Å². The van der Waals surface area contributed by atoms with Crippen molar-refractivity contribution in [3.8, 4) is 0 Å². The van der Waals surface area contributed by atoms with Crippen LogP contribution in [0.1, 0.15) is 17.3 Å². The number of rotatable bonds is 6. The van der Waals surface area contributed by atoms with E-state index in [1.54, 1.807) is 6.92 Å². The fourth-order valence-corrected chi connectivity index (χ4v) is 1.98. The summed E-state index contributed by atoms with van der Waals surface area (Å²) >= 11 is 0. The Morgan fingerprint density at radius 1 is 1.48 bits per heavy atom. The SMILES string of the molecule is CNc1cc(C(=O)NC(C)CN(C)C)c([N+](=O)[O-])cc1F. The highest BCUT2D eigenvalue weighted by Gasteiger charge is 2.24. The molecule has 116 valence electrons. The Labute approximate surface area is 122 Å². The zero-order chi connectivity index (χ0) is 16.2. The third kappa shape index (κ3) is 4.38. The van der Waals surface area contributed by atoms with E-state index in [-0.39, 0.29) is 17.3 Å². The summed E-state index contributed by atoms with van der Waals surface area (Å²) in [6, 6.07) is 1.69. The molecular weight excluding hydrogens is 279 g/mol. The van der Waals surface area contributed by atoms with Crippen molar-refractivity contribution in [2.24, 2.45) is 0 Å². The van der Waals surface area contributed by atoms with Gasteiger partial charge in [0.2, 0.25) is 0 Å². The highest BCUT2D eigenvalue weighted by Crippen LogP contribution is 2.26. The molecule has 1 amide bonds. The molecule has 0 bridgehead atoms. The van der Waals surface area contributed by atoms with Crippen molar-refractivity contribution < 1.29 is 14.1 Å². The van der Waals surface area contributed by atoms with E-state index >= 15 is 0 Å². The van der Waals surface area contributed by atoms with Crippen molar-refractivity contribution >= 4 is 17.3 Å². The van der Waals surface area contributed by atoms with E-state index in [9.17, 15) is 19.3 Å². The van der Waals surface area contributed by atoms with Gasteiger partial charge in [-0.1, -0.05) is 0 Å². The lowest BCUT2D eigenvalue weighted by Gasteiger charge is -2.18. The van der Waals surface area contributed by atoms with Crippen LogP contribution in [0.5, 0.6) is 0 Å². The molecule has 0 heterocycles. The van der Waals surface area contributed by atoms with Gasteiger partial charge >= 0.3 is 0 Å². The quantitative estimate of drug-likeness (QED) is 0.613. The molecule has 0 fully saturated rings. The number of halogens is 1. The fraction of sp³-hybridized carbons (Fsp3) is 0.462. The van der Waals surface area contributed by atoms with Gasteiger partial charge in [-0.3, -0.25) is 14.9 Å². The Bertz CT molecular complexity index is 548. The van der Waals surface area contributed by atoms with Crippen LogP contribution >= 0.6 is 0 Å². The number of hydrogen-bond acceptors (Lipinski definition) is 5. The van der Waals surface area contributed by atoms with Crippen LogP contribution in [0.25, 0.3) is 0 Å². The molecule has 21 heavy (non-hydrogen) atoms. The van der Waals surface area contributed by atoms with Gasteiger partial charge in [0.25, 0.3) is 11.6 Å². The first-order chi connectivity index (χ1) is 9.76. The van der Waals surface area contributed by atoms with Crippen molar-refractivity contribution in [3.05, 3.63) is 33.6 Å². The van der Waals surface area contributed by atoms with E-state index in [1.165, 1.54) is 7.05 Å². The number of likely N-dealkylation sites (N-methyl/N-ethyl adjacent to an activating group) is 1. The summed E-state index contributed by atoms with van der Waals surface area (Å²) in [5.74, 6) is -1.38. The van der Waals surface area contributed by atoms with Crippen molar-refractivity contribution in [2.75, 3.05) is 33.0 Å². The maximum Gasteiger partial charge on any atom is 0.285 e. The monoisotopic (exact) mass is 298 g/mol. The molecule has 0 spiro atoms. The first-order valence-corrected chi connectivity index (χ1v) is 6.37. The minimum atomic E-state index is -0.776. The van der Waals surface area contributed by atoms with Gasteiger partial charge in [-0.15, -0.1) is 0 Å². The fourth-order valence-electron chi connectivity index (χ4n) is 1.98. The molecule has 1 aromatic carbocycles. The second-order valence-corrected chi connectivity index (χ2v) is 4.99. The van der Waals surface area contributed by atoms with Crippen LogP contribution in [-0.2, 0) is 0 Å². The third-order valence-electron chi connectivity index (χ3n) is 2.81. The minimum Gasteiger partial charge on any atom is -0.386 e. The summed E-state index contributed by atoms with van der Waals surface area (Å²) in [6.07, 6.45) is 0. The average Bonchev–Trinajstić information content (AvgIpc) is 2.36. The lowest BCUT2D eigenvalue weighted by Crippen LogP contribution is -2.39. The number of nitro benzene ring substituents is 1. The molecule has 1 rings (SSSR count). The van der Waals surface area contributed by atoms with Crippen molar-refractivity contribution in [1.82, 2.24) is 10.2 Å². The molecule has 0 saturated carbocycles. The largest absolute Gasteiger partial charge is 0.386 e. The molecule has 0 saturated heterocycles. The van der Waals surface area contributed by atoms with Crippen LogP contribution in [0.2, 0.25) is 0 Å². The van der Waals surface area contributed by atoms with E-state index in [1.807, 2.05) is 19.0 Å². The number of amides is 1. The molecule has 1 atom stereocenters. The second kappa shape index (κ2) is 6.98. The zero-order valence-corrected chi connectivity index (χ0v) is 12.4. The van der Waals surface area contributed by atoms with E-state index in [2.05, 4.69) is 10.6 Å². The van der Waals surface area contributed by atoms with Crippen molar-refractivity contribution in [2.45, 2.75) is 13.0 Å². The summed E-state index contributed by atoms with van der Waals surface area (Å²) in [6.45, 7) is 2.37. The Kier molecular flexibility index (Phi) is 5.60. The lowest BCUT2D eigenvalue weighted by molar-refractivity contribution is -0.385. The van der Waals surface area contributed by atoms with Crippen LogP contribution in [0.15, 0.2) is 12.1 Å². The molecular formula is C13H19FN4O3. The number of nitrogens with one attached hydrogen (secondary N) is 2. The van der Waals surface area contributed by atoms with Crippen LogP contribution in [0.3, 0.4) is 0 Å². The Balaban J connectivity index is 3.09. The molecule has 0 aliphatic heterocycles. The van der Waals surface area contributed by atoms with Gasteiger partial charge in [0.1, 0.15) is 5.56 Å². The molecule has 0 aromatic heterocycles. The smallest absolute Gasteiger partial charge is 0.285 e. The molecule has 0 aliphatic rings. The Morgan fingerprint density at radius 2 is 2.10 bits per heavy atom. The summed E-state index contributed by atoms with van der Waals surface area (Å²) < 4.78 is 13.6. The number of hydrogen-bond donors (Lipinski definition) is 2. The van der Waals surface area contributed by atoms with Gasteiger partial charge in [0, 0.05) is 19.6 Å². The first-order valence-electron chi connectivity index (χ1n) is 6.37. The molecule has 8 heteroatoms. The van der Waals surface area contributed by atoms with Gasteiger partial charge in [0.05, 0.1) is 16.7 Å². The highest BCUT2D eigenvalue weighted by molar-refractivity contribution is 5.99. The summed E-state index contributed by atoms with van der Waals surface area (Å²) in [4.78, 5) is 24.2. The number of nitro groups is 1. The predicted octanol–water partition coefficient (Wildman–Crippen LogP) is 1.46. The highest BCUT2D eigenvalue weighted by atomic mass is 19.1. The number of nitrogens with zero attached hydrogens (tertiary/aromatic N) is 2. The van der Waals surface area contributed by atoms with Crippen LogP contribution in [-0.4, -0.2) is 49.5 Å². The summed E-state index contributed by atoms with van der Waals surface area (Å²) in [7, 11) is 5.17. The van der Waals surface area contributed by atoms with Crippen molar-refractivity contribution in [1.29, 1.82) is 0 Å². The molecule has 0 aliphatic carbocycles. The first kappa shape index (κ1) is 16.8. The van der Waals surface area contributed by atoms with Gasteiger partial charge in [0.15, 0.2) is 5.82 Å². The van der Waals surface area contributed by atoms with Crippen LogP contribution < -0.4 is 10.6 Å². The standard InChI is InChI=1S/C13H19FN4O3/c1-8(7-17(3)4)16-13(19)9-5-11(15-2)10(14)6-12(9)18(20)21/h5-6,8,15H,7H2,1-4H3,(H,16,19). The van der Waals surface area contributed by atoms with E-state index in [0.717, 1.165) is 12.1 Å². The van der Waals surface area contributed by atoms with Gasteiger partial charge in [-0.2, -0.15) is 0 Å². The maximum absolute atomic E-state index is 13.6.